The third-order valence-corrected chi connectivity index (χ3v) is 42.2. The second-order valence-corrected chi connectivity index (χ2v) is 39.6. The number of hydrogen-bond donors (Lipinski definition) is 0. The first-order chi connectivity index (χ1) is 22.8. The maximum Gasteiger partial charge on any atom is 0.214 e. The summed E-state index contributed by atoms with van der Waals surface area (Å²) >= 11 is 2.47. The van der Waals surface area contributed by atoms with Gasteiger partial charge in [0.15, 0.2) is 0 Å². The van der Waals surface area contributed by atoms with Crippen molar-refractivity contribution in [2.75, 3.05) is 0 Å². The maximum atomic E-state index is 6.19. The van der Waals surface area contributed by atoms with Gasteiger partial charge in [-0.2, -0.15) is 11.3 Å². The second-order valence-electron chi connectivity index (χ2n) is 12.4. The van der Waals surface area contributed by atoms with Crippen LogP contribution >= 0.6 is 11.3 Å². The van der Waals surface area contributed by atoms with Gasteiger partial charge in [0.2, 0.25) is 58.6 Å². The van der Waals surface area contributed by atoms with Gasteiger partial charge in [0.05, 0.1) is 16.1 Å². The van der Waals surface area contributed by atoms with Crippen LogP contribution < -0.4 is 9.00 Å². The summed E-state index contributed by atoms with van der Waals surface area (Å²) in [6.45, 7) is 0. The van der Waals surface area contributed by atoms with Crippen molar-refractivity contribution in [1.29, 1.82) is 0 Å². The van der Waals surface area contributed by atoms with E-state index in [-0.39, 0.29) is 0 Å². The Bertz CT molecular complexity index is 762. The summed E-state index contributed by atoms with van der Waals surface area (Å²) in [5.41, 5.74) is 0. The quantitative estimate of drug-likeness (QED) is 0.318. The van der Waals surface area contributed by atoms with E-state index in [1.165, 1.54) is 109 Å². The van der Waals surface area contributed by atoms with Gasteiger partial charge in [-0.3, -0.25) is 0 Å². The predicted molar refractivity (Wildman–Crippen MR) is 223 cm³/mol. The molecule has 4 rings (SSSR count). The zero-order valence-corrected chi connectivity index (χ0v) is 42.6. The first-order valence-electron chi connectivity index (χ1n) is 17.5. The van der Waals surface area contributed by atoms with Crippen LogP contribution in [0.15, 0.2) is 12.1 Å². The molecule has 3 nitrogen and oxygen atoms in total. The van der Waals surface area contributed by atoms with E-state index in [1.807, 2.05) is 9.00 Å². The minimum Gasteiger partial charge on any atom is -0.457 e. The smallest absolute Gasteiger partial charge is 0.214 e. The van der Waals surface area contributed by atoms with Crippen LogP contribution in [0.5, 0.6) is 0 Å². The Morgan fingerprint density at radius 2 is 0.587 bits per heavy atom. The summed E-state index contributed by atoms with van der Waals surface area (Å²) in [6.07, 6.45) is 0. The lowest BCUT2D eigenvalue weighted by atomic mass is 10.7. The van der Waals surface area contributed by atoms with Gasteiger partial charge < -0.3 is 12.3 Å². The molecule has 1 aromatic rings. The van der Waals surface area contributed by atoms with E-state index in [9.17, 15) is 0 Å². The Morgan fingerprint density at radius 1 is 0.348 bits per heavy atom. The minimum absolute atomic E-state index is 0.757. The highest BCUT2D eigenvalue weighted by Crippen LogP contribution is 2.33. The van der Waals surface area contributed by atoms with Gasteiger partial charge in [-0.25, -0.2) is 0 Å². The third kappa shape index (κ3) is 16.1. The molecule has 0 amide bonds. The van der Waals surface area contributed by atoms with E-state index in [0.29, 0.717) is 0 Å². The largest absolute Gasteiger partial charge is 0.457 e. The average molecular weight is 860 g/mol. The molecule has 0 aliphatic carbocycles. The van der Waals surface area contributed by atoms with Gasteiger partial charge >= 0.3 is 0 Å². The standard InChI is InChI=1S/C28H50O3SSi14/c1-2-28-32-27(1)45-21-15-33-3-9-39-29-42-12-6-36-18-24-46(28,25-19-37-7-13-43-30-40-10-4-34-16-22-45)26-20-38-8-14-44-31-41-11-5-35-17-23-45/h1-2H,3-26H2. The zero-order valence-electron chi connectivity index (χ0n) is 27.8. The second kappa shape index (κ2) is 26.4. The highest BCUT2D eigenvalue weighted by molar-refractivity contribution is 7.36. The van der Waals surface area contributed by atoms with Crippen LogP contribution in [0.4, 0.5) is 0 Å². The molecular weight excluding hydrogens is 810 g/mol. The van der Waals surface area contributed by atoms with Crippen LogP contribution in [0.2, 0.25) is 145 Å². The number of rotatable bonds is 0. The average Bonchev–Trinajstić information content (AvgIpc) is 3.57. The van der Waals surface area contributed by atoms with Crippen molar-refractivity contribution >= 4 is 152 Å². The van der Waals surface area contributed by atoms with Crippen LogP contribution in [0.3, 0.4) is 0 Å². The predicted octanol–water partition coefficient (Wildman–Crippen LogP) is 5.62. The van der Waals surface area contributed by atoms with Crippen molar-refractivity contribution in [2.24, 2.45) is 0 Å². The van der Waals surface area contributed by atoms with Gasteiger partial charge in [0.1, 0.15) is 0 Å². The van der Waals surface area contributed by atoms with Crippen LogP contribution in [-0.2, 0) is 12.3 Å². The van der Waals surface area contributed by atoms with Gasteiger partial charge in [-0.05, 0) is 45.3 Å². The Labute approximate surface area is 319 Å². The first-order valence-corrected chi connectivity index (χ1v) is 38.8. The summed E-state index contributed by atoms with van der Waals surface area (Å²) in [6, 6.07) is 40.4. The summed E-state index contributed by atoms with van der Waals surface area (Å²) in [7, 11) is 8.37. The lowest BCUT2D eigenvalue weighted by Crippen LogP contribution is -2.49. The summed E-state index contributed by atoms with van der Waals surface area (Å²) in [4.78, 5) is 0. The fourth-order valence-electron chi connectivity index (χ4n) is 6.41. The van der Waals surface area contributed by atoms with E-state index >= 15 is 0 Å². The van der Waals surface area contributed by atoms with Crippen molar-refractivity contribution < 1.29 is 12.3 Å². The summed E-state index contributed by atoms with van der Waals surface area (Å²) in [5, 5.41) is 0. The van der Waals surface area contributed by atoms with Gasteiger partial charge in [-0.1, -0.05) is 121 Å². The molecule has 0 spiro atoms. The van der Waals surface area contributed by atoms with E-state index in [2.05, 4.69) is 23.5 Å². The molecule has 46 heavy (non-hydrogen) atoms. The van der Waals surface area contributed by atoms with Gasteiger partial charge in [-0.15, -0.1) is 0 Å². The molecule has 0 fully saturated rings. The molecule has 18 heteroatoms. The maximum absolute atomic E-state index is 6.19. The SMILES string of the molecule is c1cc2sc1[Si]13CC[Si]CC[Si]O[Si]CC[Si]CC[Si]2(CC[Si]CC[Si]O[Si]CC[Si]CC1)CC[Si]CC[Si]O[Si]CC[Si]CC3. The Hall–Kier alpha value is 2.62. The number of thiophene rings is 1. The Morgan fingerprint density at radius 3 is 0.826 bits per heavy atom. The minimum atomic E-state index is -1.53. The monoisotopic (exact) mass is 858 g/mol. The Balaban J connectivity index is 1.67. The molecule has 0 saturated carbocycles. The summed E-state index contributed by atoms with van der Waals surface area (Å²) < 4.78 is 22.5. The molecule has 0 N–H and O–H groups in total. The topological polar surface area (TPSA) is 27.7 Å². The highest BCUT2D eigenvalue weighted by Gasteiger charge is 2.39. The van der Waals surface area contributed by atoms with Crippen LogP contribution in [0.1, 0.15) is 0 Å². The van der Waals surface area contributed by atoms with E-state index in [4.69, 9.17) is 12.3 Å². The van der Waals surface area contributed by atoms with E-state index in [1.54, 1.807) is 36.3 Å². The molecule has 3 aliphatic rings. The van der Waals surface area contributed by atoms with E-state index < -0.39 is 16.1 Å². The van der Waals surface area contributed by atoms with E-state index in [0.717, 1.165) is 116 Å². The van der Waals surface area contributed by atoms with Crippen molar-refractivity contribution in [1.82, 2.24) is 0 Å². The fourth-order valence-corrected chi connectivity index (χ4v) is 42.9. The molecule has 0 aromatic carbocycles. The van der Waals surface area contributed by atoms with Crippen molar-refractivity contribution in [3.8, 4) is 0 Å². The Kier molecular flexibility index (Phi) is 23.7. The van der Waals surface area contributed by atoms with Crippen molar-refractivity contribution in [3.05, 3.63) is 12.1 Å². The normalized spacial score (nSPS) is 30.0. The fraction of sp³-hybridized carbons (Fsp3) is 0.857. The highest BCUT2D eigenvalue weighted by atomic mass is 32.1. The molecule has 0 saturated heterocycles. The van der Waals surface area contributed by atoms with Gasteiger partial charge in [0, 0.05) is 57.1 Å². The molecule has 1 aromatic heterocycles. The zero-order chi connectivity index (χ0) is 31.9. The molecule has 24 radical (unpaired) electrons. The van der Waals surface area contributed by atoms with Gasteiger partial charge in [0.25, 0.3) is 0 Å². The first kappa shape index (κ1) is 41.4. The summed E-state index contributed by atoms with van der Waals surface area (Å²) in [5.74, 6) is 0. The van der Waals surface area contributed by atoms with Crippen LogP contribution in [-0.4, -0.2) is 132 Å². The third-order valence-electron chi connectivity index (χ3n) is 9.19. The molecule has 3 aliphatic heterocycles. The molecule has 0 atom stereocenters. The molecular formula is C28H50O3SSi14. The van der Waals surface area contributed by atoms with Crippen LogP contribution in [0, 0.1) is 0 Å². The lowest BCUT2D eigenvalue weighted by Gasteiger charge is -2.34. The molecule has 4 bridgehead atoms. The van der Waals surface area contributed by atoms with Crippen LogP contribution in [0.25, 0.3) is 0 Å². The molecule has 4 heterocycles. The lowest BCUT2D eigenvalue weighted by molar-refractivity contribution is 0.636. The van der Waals surface area contributed by atoms with Crippen molar-refractivity contribution in [2.45, 2.75) is 145 Å². The molecule has 242 valence electrons. The number of hydrogen-bond acceptors (Lipinski definition) is 4. The molecule has 0 unspecified atom stereocenters. The van der Waals surface area contributed by atoms with Crippen molar-refractivity contribution in [3.63, 3.8) is 0 Å².